The van der Waals surface area contributed by atoms with E-state index >= 15 is 0 Å². The van der Waals surface area contributed by atoms with Gasteiger partial charge < -0.3 is 5.73 Å². The van der Waals surface area contributed by atoms with Gasteiger partial charge >= 0.3 is 0 Å². The molecule has 3 N–H and O–H groups in total. The third-order valence-corrected chi connectivity index (χ3v) is 5.28. The Labute approximate surface area is 137 Å². The summed E-state index contributed by atoms with van der Waals surface area (Å²) in [6.07, 6.45) is 0. The van der Waals surface area contributed by atoms with Crippen molar-refractivity contribution in [2.75, 3.05) is 5.73 Å². The van der Waals surface area contributed by atoms with Crippen molar-refractivity contribution < 1.29 is 8.42 Å². The molecular weight excluding hydrogens is 376 g/mol. The predicted molar refractivity (Wildman–Crippen MR) is 88.7 cm³/mol. The van der Waals surface area contributed by atoms with Crippen LogP contribution in [0.4, 0.5) is 5.69 Å². The minimum absolute atomic E-state index is 0.0220. The minimum atomic E-state index is -3.72. The highest BCUT2D eigenvalue weighted by Crippen LogP contribution is 2.25. The quantitative estimate of drug-likeness (QED) is 0.783. The van der Waals surface area contributed by atoms with Crippen LogP contribution in [0.25, 0.3) is 0 Å². The van der Waals surface area contributed by atoms with E-state index in [9.17, 15) is 8.42 Å². The minimum Gasteiger partial charge on any atom is -0.398 e. The standard InChI is InChI=1S/C14H14BrClN2O2S/c1-9(10-3-2-4-11(15)7-10)18-21(19,20)14-6-5-12(16)8-13(14)17/h2-9,18H,17H2,1H3. The van der Waals surface area contributed by atoms with Crippen LogP contribution in [0.15, 0.2) is 51.8 Å². The lowest BCUT2D eigenvalue weighted by Crippen LogP contribution is -2.27. The Morgan fingerprint density at radius 3 is 2.57 bits per heavy atom. The number of benzene rings is 2. The Morgan fingerprint density at radius 2 is 1.95 bits per heavy atom. The summed E-state index contributed by atoms with van der Waals surface area (Å²) in [4.78, 5) is 0.0220. The molecule has 0 saturated carbocycles. The van der Waals surface area contributed by atoms with Gasteiger partial charge in [-0.3, -0.25) is 0 Å². The molecule has 0 spiro atoms. The molecule has 2 rings (SSSR count). The highest BCUT2D eigenvalue weighted by atomic mass is 79.9. The first kappa shape index (κ1) is 16.3. The fourth-order valence-electron chi connectivity index (χ4n) is 1.90. The molecule has 112 valence electrons. The highest BCUT2D eigenvalue weighted by molar-refractivity contribution is 9.10. The second-order valence-corrected chi connectivity index (χ2v) is 7.61. The second-order valence-electron chi connectivity index (χ2n) is 4.58. The van der Waals surface area contributed by atoms with Crippen LogP contribution >= 0.6 is 27.5 Å². The van der Waals surface area contributed by atoms with Gasteiger partial charge in [0.15, 0.2) is 0 Å². The molecule has 0 fully saturated rings. The van der Waals surface area contributed by atoms with Crippen LogP contribution in [0, 0.1) is 0 Å². The van der Waals surface area contributed by atoms with Crippen molar-refractivity contribution in [1.29, 1.82) is 0 Å². The average molecular weight is 390 g/mol. The monoisotopic (exact) mass is 388 g/mol. The van der Waals surface area contributed by atoms with Crippen LogP contribution in [-0.2, 0) is 10.0 Å². The van der Waals surface area contributed by atoms with Gasteiger partial charge in [0.2, 0.25) is 10.0 Å². The third kappa shape index (κ3) is 3.97. The second kappa shape index (κ2) is 6.36. The Bertz CT molecular complexity index is 765. The van der Waals surface area contributed by atoms with E-state index in [0.717, 1.165) is 10.0 Å². The molecular formula is C14H14BrClN2O2S. The van der Waals surface area contributed by atoms with Crippen molar-refractivity contribution in [2.24, 2.45) is 0 Å². The van der Waals surface area contributed by atoms with Crippen molar-refractivity contribution in [2.45, 2.75) is 17.9 Å². The van der Waals surface area contributed by atoms with Gasteiger partial charge in [0, 0.05) is 15.5 Å². The van der Waals surface area contributed by atoms with Crippen molar-refractivity contribution in [1.82, 2.24) is 4.72 Å². The summed E-state index contributed by atoms with van der Waals surface area (Å²) >= 11 is 9.15. The molecule has 7 heteroatoms. The SMILES string of the molecule is CC(NS(=O)(=O)c1ccc(Cl)cc1N)c1cccc(Br)c1. The number of rotatable bonds is 4. The molecule has 0 aliphatic heterocycles. The van der Waals surface area contributed by atoms with E-state index in [0.29, 0.717) is 5.02 Å². The normalized spacial score (nSPS) is 13.1. The maximum atomic E-state index is 12.4. The third-order valence-electron chi connectivity index (χ3n) is 2.94. The summed E-state index contributed by atoms with van der Waals surface area (Å²) in [5, 5.41) is 0.395. The number of nitrogens with one attached hydrogen (secondary N) is 1. The molecule has 1 unspecified atom stereocenters. The largest absolute Gasteiger partial charge is 0.398 e. The lowest BCUT2D eigenvalue weighted by molar-refractivity contribution is 0.567. The van der Waals surface area contributed by atoms with E-state index < -0.39 is 10.0 Å². The predicted octanol–water partition coefficient (Wildman–Crippen LogP) is 3.72. The van der Waals surface area contributed by atoms with E-state index in [-0.39, 0.29) is 16.6 Å². The van der Waals surface area contributed by atoms with Gasteiger partial charge in [-0.05, 0) is 42.8 Å². The van der Waals surface area contributed by atoms with Crippen LogP contribution in [0.2, 0.25) is 5.02 Å². The summed E-state index contributed by atoms with van der Waals surface area (Å²) < 4.78 is 28.3. The smallest absolute Gasteiger partial charge is 0.243 e. The molecule has 0 saturated heterocycles. The van der Waals surface area contributed by atoms with Crippen molar-refractivity contribution >= 4 is 43.2 Å². The van der Waals surface area contributed by atoms with Gasteiger partial charge in [-0.25, -0.2) is 13.1 Å². The Hall–Kier alpha value is -1.08. The lowest BCUT2D eigenvalue weighted by atomic mass is 10.1. The van der Waals surface area contributed by atoms with Crippen molar-refractivity contribution in [3.63, 3.8) is 0 Å². The van der Waals surface area contributed by atoms with Crippen LogP contribution in [-0.4, -0.2) is 8.42 Å². The van der Waals surface area contributed by atoms with Crippen molar-refractivity contribution in [3.05, 3.63) is 57.5 Å². The molecule has 0 aliphatic carbocycles. The molecule has 1 atom stereocenters. The topological polar surface area (TPSA) is 72.2 Å². The molecule has 0 radical (unpaired) electrons. The molecule has 0 bridgehead atoms. The molecule has 0 aliphatic rings. The first-order valence-electron chi connectivity index (χ1n) is 6.12. The average Bonchev–Trinajstić information content (AvgIpc) is 2.37. The van der Waals surface area contributed by atoms with Gasteiger partial charge in [0.05, 0.1) is 5.69 Å². The zero-order valence-corrected chi connectivity index (χ0v) is 14.3. The van der Waals surface area contributed by atoms with Gasteiger partial charge in [-0.15, -0.1) is 0 Å². The first-order chi connectivity index (χ1) is 9.79. The maximum Gasteiger partial charge on any atom is 0.243 e. The summed E-state index contributed by atoms with van der Waals surface area (Å²) in [6, 6.07) is 11.4. The van der Waals surface area contributed by atoms with Crippen LogP contribution in [0.1, 0.15) is 18.5 Å². The summed E-state index contributed by atoms with van der Waals surface area (Å²) in [7, 11) is -3.72. The van der Waals surface area contributed by atoms with E-state index in [2.05, 4.69) is 20.7 Å². The van der Waals surface area contributed by atoms with Gasteiger partial charge in [-0.1, -0.05) is 39.7 Å². The summed E-state index contributed by atoms with van der Waals surface area (Å²) in [6.45, 7) is 1.77. The fraction of sp³-hybridized carbons (Fsp3) is 0.143. The van der Waals surface area contributed by atoms with E-state index in [1.807, 2.05) is 24.3 Å². The first-order valence-corrected chi connectivity index (χ1v) is 8.78. The molecule has 2 aromatic rings. The lowest BCUT2D eigenvalue weighted by Gasteiger charge is -2.16. The van der Waals surface area contributed by atoms with Gasteiger partial charge in [-0.2, -0.15) is 0 Å². The van der Waals surface area contributed by atoms with Gasteiger partial charge in [0.1, 0.15) is 4.90 Å². The van der Waals surface area contributed by atoms with Crippen molar-refractivity contribution in [3.8, 4) is 0 Å². The highest BCUT2D eigenvalue weighted by Gasteiger charge is 2.21. The molecule has 21 heavy (non-hydrogen) atoms. The van der Waals surface area contributed by atoms with E-state index in [4.69, 9.17) is 17.3 Å². The Balaban J connectivity index is 2.29. The zero-order chi connectivity index (χ0) is 15.6. The molecule has 2 aromatic carbocycles. The van der Waals surface area contributed by atoms with Crippen LogP contribution < -0.4 is 10.5 Å². The Kier molecular flexibility index (Phi) is 4.93. The van der Waals surface area contributed by atoms with Gasteiger partial charge in [0.25, 0.3) is 0 Å². The summed E-state index contributed by atoms with van der Waals surface area (Å²) in [5.74, 6) is 0. The number of nitrogens with two attached hydrogens (primary N) is 1. The maximum absolute atomic E-state index is 12.4. The number of hydrogen-bond donors (Lipinski definition) is 2. The fourth-order valence-corrected chi connectivity index (χ4v) is 3.85. The zero-order valence-electron chi connectivity index (χ0n) is 11.2. The number of anilines is 1. The van der Waals surface area contributed by atoms with Crippen LogP contribution in [0.3, 0.4) is 0 Å². The van der Waals surface area contributed by atoms with E-state index in [1.54, 1.807) is 6.92 Å². The summed E-state index contributed by atoms with van der Waals surface area (Å²) in [5.41, 5.74) is 6.70. The Morgan fingerprint density at radius 1 is 1.24 bits per heavy atom. The molecule has 4 nitrogen and oxygen atoms in total. The number of hydrogen-bond acceptors (Lipinski definition) is 3. The molecule has 0 heterocycles. The molecule has 0 amide bonds. The number of halogens is 2. The number of sulfonamides is 1. The number of nitrogen functional groups attached to an aromatic ring is 1. The van der Waals surface area contributed by atoms with Crippen LogP contribution in [0.5, 0.6) is 0 Å². The van der Waals surface area contributed by atoms with E-state index in [1.165, 1.54) is 18.2 Å². The molecule has 0 aromatic heterocycles.